The number of nitrogens with two attached hydrogens (primary N) is 1. The third-order valence-corrected chi connectivity index (χ3v) is 3.58. The van der Waals surface area contributed by atoms with Crippen molar-refractivity contribution < 1.29 is 9.72 Å². The molecule has 0 bridgehead atoms. The van der Waals surface area contributed by atoms with Gasteiger partial charge in [0.25, 0.3) is 5.69 Å². The molecule has 3 N–H and O–H groups in total. The van der Waals surface area contributed by atoms with E-state index in [1.54, 1.807) is 0 Å². The number of amides is 1. The van der Waals surface area contributed by atoms with Crippen LogP contribution in [0.25, 0.3) is 0 Å². The van der Waals surface area contributed by atoms with Crippen molar-refractivity contribution in [3.63, 3.8) is 0 Å². The van der Waals surface area contributed by atoms with Gasteiger partial charge in [-0.3, -0.25) is 14.9 Å². The van der Waals surface area contributed by atoms with Crippen molar-refractivity contribution in [1.29, 1.82) is 0 Å². The van der Waals surface area contributed by atoms with Crippen LogP contribution >= 0.6 is 15.9 Å². The van der Waals surface area contributed by atoms with Gasteiger partial charge in [-0.2, -0.15) is 0 Å². The molecular weight excluding hydrogens is 326 g/mol. The number of benzene rings is 1. The molecule has 0 saturated carbocycles. The Morgan fingerprint density at radius 3 is 2.55 bits per heavy atom. The fourth-order valence-electron chi connectivity index (χ4n) is 1.45. The minimum absolute atomic E-state index is 0.0469. The van der Waals surface area contributed by atoms with Crippen LogP contribution in [0.5, 0.6) is 0 Å². The van der Waals surface area contributed by atoms with Gasteiger partial charge >= 0.3 is 0 Å². The van der Waals surface area contributed by atoms with E-state index in [1.165, 1.54) is 18.2 Å². The zero-order chi connectivity index (χ0) is 15.5. The van der Waals surface area contributed by atoms with Gasteiger partial charge < -0.3 is 11.1 Å². The quantitative estimate of drug-likeness (QED) is 0.648. The number of hydrogen-bond acceptors (Lipinski definition) is 4. The van der Waals surface area contributed by atoms with E-state index in [-0.39, 0.29) is 29.5 Å². The number of nitrogens with zero attached hydrogens (tertiary/aromatic N) is 1. The number of nitrogens with one attached hydrogen (secondary N) is 1. The average molecular weight is 344 g/mol. The van der Waals surface area contributed by atoms with Crippen molar-refractivity contribution in [2.45, 2.75) is 33.2 Å². The third-order valence-electron chi connectivity index (χ3n) is 2.95. The lowest BCUT2D eigenvalue weighted by atomic mass is 9.85. The predicted octanol–water partition coefficient (Wildman–Crippen LogP) is 3.06. The Morgan fingerprint density at radius 2 is 2.10 bits per heavy atom. The van der Waals surface area contributed by atoms with Gasteiger partial charge in [-0.15, -0.1) is 0 Å². The van der Waals surface area contributed by atoms with Gasteiger partial charge in [-0.05, 0) is 33.5 Å². The maximum Gasteiger partial charge on any atom is 0.283 e. The summed E-state index contributed by atoms with van der Waals surface area (Å²) in [6, 6.07) is 4.06. The molecule has 110 valence electrons. The van der Waals surface area contributed by atoms with Gasteiger partial charge in [-0.25, -0.2) is 0 Å². The summed E-state index contributed by atoms with van der Waals surface area (Å²) in [5, 5.41) is 13.4. The summed E-state index contributed by atoms with van der Waals surface area (Å²) in [5.74, 6) is -0.215. The highest BCUT2D eigenvalue weighted by Gasteiger charge is 2.23. The molecule has 0 saturated heterocycles. The topological polar surface area (TPSA) is 98.3 Å². The van der Waals surface area contributed by atoms with E-state index in [2.05, 4.69) is 21.2 Å². The van der Waals surface area contributed by atoms with Crippen LogP contribution in [0.2, 0.25) is 0 Å². The lowest BCUT2D eigenvalue weighted by Crippen LogP contribution is -2.38. The molecule has 0 spiro atoms. The first-order valence-corrected chi connectivity index (χ1v) is 6.90. The van der Waals surface area contributed by atoms with Gasteiger partial charge in [0.05, 0.1) is 9.40 Å². The molecule has 0 aliphatic rings. The van der Waals surface area contributed by atoms with Crippen molar-refractivity contribution in [2.24, 2.45) is 11.1 Å². The molecule has 1 atom stereocenters. The summed E-state index contributed by atoms with van der Waals surface area (Å²) >= 11 is 3.10. The number of rotatable bonds is 4. The summed E-state index contributed by atoms with van der Waals surface area (Å²) < 4.78 is 0.320. The first-order chi connectivity index (χ1) is 9.11. The van der Waals surface area contributed by atoms with Crippen molar-refractivity contribution in [3.8, 4) is 0 Å². The van der Waals surface area contributed by atoms with E-state index >= 15 is 0 Å². The molecule has 1 aromatic rings. The molecule has 7 heteroatoms. The van der Waals surface area contributed by atoms with Crippen molar-refractivity contribution in [3.05, 3.63) is 32.8 Å². The second-order valence-electron chi connectivity index (χ2n) is 5.65. The van der Waals surface area contributed by atoms with Crippen LogP contribution in [0.3, 0.4) is 0 Å². The lowest BCUT2D eigenvalue weighted by Gasteiger charge is -2.26. The van der Waals surface area contributed by atoms with Crippen LogP contribution in [0.15, 0.2) is 22.7 Å². The molecule has 0 radical (unpaired) electrons. The van der Waals surface area contributed by atoms with Gasteiger partial charge in [0, 0.05) is 24.2 Å². The highest BCUT2D eigenvalue weighted by Crippen LogP contribution is 2.28. The summed E-state index contributed by atoms with van der Waals surface area (Å²) in [6.07, 6.45) is 0.193. The van der Waals surface area contributed by atoms with Gasteiger partial charge in [0.2, 0.25) is 5.91 Å². The van der Waals surface area contributed by atoms with E-state index in [0.717, 1.165) is 0 Å². The molecule has 1 aromatic carbocycles. The van der Waals surface area contributed by atoms with Crippen molar-refractivity contribution in [2.75, 3.05) is 5.32 Å². The number of hydrogen-bond donors (Lipinski definition) is 2. The highest BCUT2D eigenvalue weighted by atomic mass is 79.9. The molecule has 0 aliphatic heterocycles. The predicted molar refractivity (Wildman–Crippen MR) is 81.5 cm³/mol. The second-order valence-corrected chi connectivity index (χ2v) is 6.50. The molecule has 0 fully saturated rings. The standard InChI is InChI=1S/C13H18BrN3O3/c1-13(2,3)11(15)7-12(18)16-8-4-5-10(17(19)20)9(14)6-8/h4-6,11H,7,15H2,1-3H3,(H,16,18). The van der Waals surface area contributed by atoms with Crippen molar-refractivity contribution in [1.82, 2.24) is 0 Å². The zero-order valence-corrected chi connectivity index (χ0v) is 13.2. The maximum absolute atomic E-state index is 11.9. The monoisotopic (exact) mass is 343 g/mol. The molecule has 1 unspecified atom stereocenters. The molecule has 1 amide bonds. The normalized spacial score (nSPS) is 12.8. The Hall–Kier alpha value is -1.47. The number of carbonyl (C=O) groups is 1. The SMILES string of the molecule is CC(C)(C)C(N)CC(=O)Nc1ccc([N+](=O)[O-])c(Br)c1. The first-order valence-electron chi connectivity index (χ1n) is 6.10. The first kappa shape index (κ1) is 16.6. The number of anilines is 1. The Bertz CT molecular complexity index is 526. The average Bonchev–Trinajstić information content (AvgIpc) is 2.26. The Labute approximate surface area is 126 Å². The van der Waals surface area contributed by atoms with E-state index in [9.17, 15) is 14.9 Å². The molecule has 0 aromatic heterocycles. The smallest absolute Gasteiger partial charge is 0.283 e. The highest BCUT2D eigenvalue weighted by molar-refractivity contribution is 9.10. The van der Waals surface area contributed by atoms with Gasteiger partial charge in [-0.1, -0.05) is 20.8 Å². The molecule has 6 nitrogen and oxygen atoms in total. The van der Waals surface area contributed by atoms with Crippen LogP contribution < -0.4 is 11.1 Å². The lowest BCUT2D eigenvalue weighted by molar-refractivity contribution is -0.385. The summed E-state index contributed by atoms with van der Waals surface area (Å²) in [5.41, 5.74) is 6.23. The van der Waals surface area contributed by atoms with Gasteiger partial charge in [0.1, 0.15) is 0 Å². The van der Waals surface area contributed by atoms with E-state index in [0.29, 0.717) is 10.2 Å². The number of carbonyl (C=O) groups excluding carboxylic acids is 1. The summed E-state index contributed by atoms with van der Waals surface area (Å²) in [4.78, 5) is 22.0. The fourth-order valence-corrected chi connectivity index (χ4v) is 1.97. The third kappa shape index (κ3) is 4.57. The van der Waals surface area contributed by atoms with E-state index in [4.69, 9.17) is 5.73 Å². The van der Waals surface area contributed by atoms with Crippen LogP contribution in [0.1, 0.15) is 27.2 Å². The van der Waals surface area contributed by atoms with Crippen LogP contribution in [0, 0.1) is 15.5 Å². The largest absolute Gasteiger partial charge is 0.327 e. The molecule has 1 rings (SSSR count). The maximum atomic E-state index is 11.9. The summed E-state index contributed by atoms with van der Waals surface area (Å²) in [6.45, 7) is 5.90. The Kier molecular flexibility index (Phi) is 5.24. The van der Waals surface area contributed by atoms with Gasteiger partial charge in [0.15, 0.2) is 0 Å². The molecule has 0 aliphatic carbocycles. The second kappa shape index (κ2) is 6.32. The van der Waals surface area contributed by atoms with Crippen LogP contribution in [-0.2, 0) is 4.79 Å². The van der Waals surface area contributed by atoms with Crippen LogP contribution in [-0.4, -0.2) is 16.9 Å². The minimum Gasteiger partial charge on any atom is -0.327 e. The fraction of sp³-hybridized carbons (Fsp3) is 0.462. The number of nitro groups is 1. The molecule has 0 heterocycles. The number of nitro benzene ring substituents is 1. The molecular formula is C13H18BrN3O3. The zero-order valence-electron chi connectivity index (χ0n) is 11.6. The number of halogens is 1. The minimum atomic E-state index is -0.495. The summed E-state index contributed by atoms with van der Waals surface area (Å²) in [7, 11) is 0. The van der Waals surface area contributed by atoms with E-state index in [1.807, 2.05) is 20.8 Å². The van der Waals surface area contributed by atoms with Crippen molar-refractivity contribution >= 4 is 33.2 Å². The Morgan fingerprint density at radius 1 is 1.50 bits per heavy atom. The van der Waals surface area contributed by atoms with Crippen LogP contribution in [0.4, 0.5) is 11.4 Å². The molecule has 20 heavy (non-hydrogen) atoms. The Balaban J connectivity index is 2.72. The van der Waals surface area contributed by atoms with E-state index < -0.39 is 4.92 Å².